The van der Waals surface area contributed by atoms with Crippen molar-refractivity contribution in [3.63, 3.8) is 0 Å². The third kappa shape index (κ3) is 16.8. The second-order valence-corrected chi connectivity index (χ2v) is 41.9. The van der Waals surface area contributed by atoms with Gasteiger partial charge in [-0.15, -0.1) is 0 Å². The molecule has 0 aliphatic carbocycles. The second-order valence-electron chi connectivity index (χ2n) is 41.9. The van der Waals surface area contributed by atoms with E-state index < -0.39 is 0 Å². The van der Waals surface area contributed by atoms with Crippen molar-refractivity contribution in [3.05, 3.63) is 459 Å². The highest BCUT2D eigenvalue weighted by atomic mass is 15.2. The molecule has 0 N–H and O–H groups in total. The van der Waals surface area contributed by atoms with E-state index in [1.54, 1.807) is 0 Å². The fourth-order valence-electron chi connectivity index (χ4n) is 20.9. The average molecular weight is 1830 g/mol. The van der Waals surface area contributed by atoms with Crippen LogP contribution in [0.2, 0.25) is 0 Å². The molecule has 0 radical (unpaired) electrons. The van der Waals surface area contributed by atoms with Crippen LogP contribution in [0.3, 0.4) is 0 Å². The van der Waals surface area contributed by atoms with Gasteiger partial charge in [0.15, 0.2) is 34.9 Å². The Hall–Kier alpha value is -16.7. The zero-order valence-electron chi connectivity index (χ0n) is 82.2. The lowest BCUT2D eigenvalue weighted by molar-refractivity contribution is 0.568. The van der Waals surface area contributed by atoms with Crippen molar-refractivity contribution in [3.8, 4) is 113 Å². The van der Waals surface area contributed by atoms with E-state index in [0.717, 1.165) is 135 Å². The number of fused-ring (bicyclic) bond motifs is 8. The molecule has 24 rings (SSSR count). The van der Waals surface area contributed by atoms with E-state index in [1.165, 1.54) is 66.4 Å². The van der Waals surface area contributed by atoms with Gasteiger partial charge in [0.25, 0.3) is 13.4 Å². The molecule has 0 bridgehead atoms. The smallest absolute Gasteiger partial charge is 0.252 e. The number of rotatable bonds is 14. The molecule has 2 aromatic heterocycles. The molecule has 0 fully saturated rings. The predicted molar refractivity (Wildman–Crippen MR) is 597 cm³/mol. The number of aromatic nitrogens is 6. The molecule has 10 nitrogen and oxygen atoms in total. The molecule has 0 saturated carbocycles. The lowest BCUT2D eigenvalue weighted by Crippen LogP contribution is -2.61. The summed E-state index contributed by atoms with van der Waals surface area (Å²) >= 11 is 0. The van der Waals surface area contributed by atoms with Crippen molar-refractivity contribution >= 4 is 114 Å². The number of para-hydroxylation sites is 4. The van der Waals surface area contributed by atoms with Crippen molar-refractivity contribution in [2.24, 2.45) is 0 Å². The highest BCUT2D eigenvalue weighted by Gasteiger charge is 2.47. The Labute approximate surface area is 834 Å². The van der Waals surface area contributed by atoms with Gasteiger partial charge in [0.2, 0.25) is 0 Å². The number of hydrogen-bond donors (Lipinski definition) is 0. The average Bonchev–Trinajstić information content (AvgIpc) is 0.697. The molecule has 0 unspecified atom stereocenters. The molecule has 684 valence electrons. The van der Waals surface area contributed by atoms with Crippen LogP contribution in [0, 0.1) is 0 Å². The van der Waals surface area contributed by atoms with Gasteiger partial charge in [0.05, 0.1) is 0 Å². The van der Waals surface area contributed by atoms with Crippen LogP contribution >= 0.6 is 0 Å². The minimum absolute atomic E-state index is 0.0298. The van der Waals surface area contributed by atoms with E-state index >= 15 is 0 Å². The first-order valence-electron chi connectivity index (χ1n) is 49.4. The lowest BCUT2D eigenvalue weighted by Gasteiger charge is -2.45. The van der Waals surface area contributed by atoms with Crippen LogP contribution in [0.25, 0.3) is 113 Å². The van der Waals surface area contributed by atoms with E-state index in [4.69, 9.17) is 29.9 Å². The summed E-state index contributed by atoms with van der Waals surface area (Å²) in [6.07, 6.45) is 0. The highest BCUT2D eigenvalue weighted by Crippen LogP contribution is 2.53. The minimum Gasteiger partial charge on any atom is -0.311 e. The van der Waals surface area contributed by atoms with Gasteiger partial charge in [-0.2, -0.15) is 0 Å². The Kier molecular flexibility index (Phi) is 22.6. The topological polar surface area (TPSA) is 90.3 Å². The van der Waals surface area contributed by atoms with Crippen molar-refractivity contribution in [1.82, 2.24) is 29.9 Å². The summed E-state index contributed by atoms with van der Waals surface area (Å²) in [5, 5.41) is 0. The maximum atomic E-state index is 5.40. The zero-order valence-corrected chi connectivity index (χ0v) is 82.2. The molecule has 12 heteroatoms. The lowest BCUT2D eigenvalue weighted by atomic mass is 9.33. The Morgan fingerprint density at radius 3 is 0.535 bits per heavy atom. The predicted octanol–water partition coefficient (Wildman–Crippen LogP) is 29.8. The monoisotopic (exact) mass is 1830 g/mol. The van der Waals surface area contributed by atoms with E-state index in [0.29, 0.717) is 34.9 Å². The van der Waals surface area contributed by atoms with Crippen LogP contribution in [0.1, 0.15) is 105 Å². The van der Waals surface area contributed by atoms with Crippen molar-refractivity contribution < 1.29 is 0 Å². The van der Waals surface area contributed by atoms with Crippen LogP contribution in [0.4, 0.5) is 68.2 Å². The number of benzene rings is 18. The van der Waals surface area contributed by atoms with Gasteiger partial charge in [-0.25, -0.2) is 29.9 Å². The van der Waals surface area contributed by atoms with Crippen LogP contribution in [-0.4, -0.2) is 43.3 Å². The Morgan fingerprint density at radius 1 is 0.155 bits per heavy atom. The van der Waals surface area contributed by atoms with Gasteiger partial charge in [-0.05, 0) is 230 Å². The first-order valence-corrected chi connectivity index (χ1v) is 49.4. The maximum absolute atomic E-state index is 5.40. The van der Waals surface area contributed by atoms with Crippen LogP contribution < -0.4 is 52.4 Å². The number of nitrogens with zero attached hydrogens (tertiary/aromatic N) is 10. The summed E-state index contributed by atoms with van der Waals surface area (Å²) in [5.41, 5.74) is 40.3. The fourth-order valence-corrected chi connectivity index (χ4v) is 20.9. The molecule has 6 heterocycles. The van der Waals surface area contributed by atoms with E-state index in [1.807, 2.05) is 72.8 Å². The summed E-state index contributed by atoms with van der Waals surface area (Å²) in [4.78, 5) is 41.9. The molecule has 4 aliphatic rings. The third-order valence-electron chi connectivity index (χ3n) is 28.3. The highest BCUT2D eigenvalue weighted by molar-refractivity contribution is 7.01. The molecular weight excluding hydrogens is 1720 g/mol. The molecule has 0 atom stereocenters. The summed E-state index contributed by atoms with van der Waals surface area (Å²) in [7, 11) is 0. The van der Waals surface area contributed by atoms with Crippen LogP contribution in [-0.2, 0) is 21.7 Å². The molecule has 142 heavy (non-hydrogen) atoms. The van der Waals surface area contributed by atoms with Gasteiger partial charge < -0.3 is 19.6 Å². The SMILES string of the molecule is CC(C)(C)c1cc(N2c3ccccc3B3c4ccccc4N(c4cc(C(C)(C)C)cc(C(C)(C)C)c4)c4cc(-c5nc(-c6ccccc6)nc(-c6ccccc6)n5)cc2c43)cc(C(C)(C)C)c1.c1ccc(-c2cc(-c3ccccc3)cc(N3c4ccccc4B4c5ccccc5N(c5cc(-c6ccccc6)cc(-c6ccccc6)c5)c5cc(-c6nc(-c7ccccc7)nc(-c7ccccc7)n6)cc3c54)c2)cc1. The van der Waals surface area contributed by atoms with Gasteiger partial charge in [0, 0.05) is 102 Å². The van der Waals surface area contributed by atoms with Crippen molar-refractivity contribution in [2.75, 3.05) is 19.6 Å². The summed E-state index contributed by atoms with van der Waals surface area (Å²) in [6, 6.07) is 158. The molecule has 18 aromatic carbocycles. The van der Waals surface area contributed by atoms with Gasteiger partial charge in [-0.3, -0.25) is 0 Å². The van der Waals surface area contributed by atoms with E-state index in [9.17, 15) is 0 Å². The Balaban J connectivity index is 0.000000159. The molecule has 0 saturated heterocycles. The van der Waals surface area contributed by atoms with Gasteiger partial charge >= 0.3 is 0 Å². The number of hydrogen-bond acceptors (Lipinski definition) is 10. The minimum atomic E-state index is -0.0983. The standard InChI is InChI=1S/C69H46BN5.C61H62BN5/c1-7-23-47(24-8-1)53-39-54(48-25-9-2-10-26-48)42-58(41-53)74-62-37-21-19-35-60(62)70-61-36-20-22-38-63(61)75(59-43-55(49-27-11-3-12-28-49)40-56(44-59)50-29-13-4-14-30-50)65-46-57(45-64(74)66(65)70)69-72-67(51-31-15-5-16-32-51)71-68(73-69)52-33-17-6-18-34-52;1-58(2,3)42-33-43(59(4,5)6)36-46(35-42)66-50-29-21-19-27-48(50)62-49-28-20-22-30-51(49)67(47-37-44(60(7,8)9)34-45(38-47)61(10,11)12)53-32-41(31-52(66)54(53)62)57-64-55(39-23-15-13-16-24-39)63-56(65-57)40-25-17-14-18-26-40/h1-46H;13-38H,1-12H3. The zero-order chi connectivity index (χ0) is 96.9. The van der Waals surface area contributed by atoms with Crippen LogP contribution in [0.5, 0.6) is 0 Å². The molecule has 20 aromatic rings. The summed E-state index contributed by atoms with van der Waals surface area (Å²) in [5.74, 6) is 3.70. The van der Waals surface area contributed by atoms with Gasteiger partial charge in [-0.1, -0.05) is 411 Å². The Morgan fingerprint density at radius 2 is 0.331 bits per heavy atom. The van der Waals surface area contributed by atoms with Crippen LogP contribution in [0.15, 0.2) is 437 Å². The summed E-state index contributed by atoms with van der Waals surface area (Å²) < 4.78 is 0. The second kappa shape index (κ2) is 35.9. The maximum Gasteiger partial charge on any atom is 0.252 e. The molecule has 0 amide bonds. The van der Waals surface area contributed by atoms with Crippen molar-refractivity contribution in [1.29, 1.82) is 0 Å². The molecule has 0 spiro atoms. The largest absolute Gasteiger partial charge is 0.311 e. The fraction of sp³-hybridized carbons (Fsp3) is 0.123. The van der Waals surface area contributed by atoms with E-state index in [-0.39, 0.29) is 35.1 Å². The molecular formula is C130H108B2N10. The van der Waals surface area contributed by atoms with Crippen molar-refractivity contribution in [2.45, 2.75) is 105 Å². The summed E-state index contributed by atoms with van der Waals surface area (Å²) in [6.45, 7) is 27.7. The molecule has 4 aliphatic heterocycles. The first kappa shape index (κ1) is 89.2. The van der Waals surface area contributed by atoms with Gasteiger partial charge in [0.1, 0.15) is 0 Å². The van der Waals surface area contributed by atoms with E-state index in [2.05, 4.69) is 467 Å². The first-order chi connectivity index (χ1) is 68.9. The normalized spacial score (nSPS) is 12.8. The third-order valence-corrected chi connectivity index (χ3v) is 28.3. The quantitative estimate of drug-likeness (QED) is 0.0981. The number of anilines is 12. The Bertz CT molecular complexity index is 7560.